The Morgan fingerprint density at radius 3 is 2.56 bits per heavy atom. The molecular weight excluding hydrogens is 230 g/mol. The lowest BCUT2D eigenvalue weighted by molar-refractivity contribution is -0.137. The van der Waals surface area contributed by atoms with Crippen molar-refractivity contribution in [3.05, 3.63) is 35.4 Å². The molecule has 1 saturated heterocycles. The van der Waals surface area contributed by atoms with Gasteiger partial charge in [0.05, 0.1) is 13.2 Å². The molecule has 1 unspecified atom stereocenters. The van der Waals surface area contributed by atoms with Crippen LogP contribution >= 0.6 is 0 Å². The lowest BCUT2D eigenvalue weighted by atomic mass is 9.95. The van der Waals surface area contributed by atoms with Gasteiger partial charge in [0.2, 0.25) is 0 Å². The van der Waals surface area contributed by atoms with Crippen molar-refractivity contribution in [2.75, 3.05) is 13.2 Å². The third-order valence-corrected chi connectivity index (χ3v) is 3.31. The summed E-state index contributed by atoms with van der Waals surface area (Å²) in [5, 5.41) is 8.62. The van der Waals surface area contributed by atoms with Crippen LogP contribution in [0.5, 0.6) is 0 Å². The van der Waals surface area contributed by atoms with E-state index in [1.54, 1.807) is 0 Å². The van der Waals surface area contributed by atoms with Crippen LogP contribution in [0.25, 0.3) is 0 Å². The molecule has 0 radical (unpaired) electrons. The first kappa shape index (κ1) is 13.1. The van der Waals surface area contributed by atoms with E-state index >= 15 is 0 Å². The van der Waals surface area contributed by atoms with Crippen molar-refractivity contribution < 1.29 is 14.6 Å². The van der Waals surface area contributed by atoms with Crippen LogP contribution in [0.4, 0.5) is 0 Å². The highest BCUT2D eigenvalue weighted by molar-refractivity contribution is 5.66. The number of carbonyl (C=O) groups is 1. The number of rotatable bonds is 6. The number of ether oxygens (including phenoxy) is 1. The van der Waals surface area contributed by atoms with Gasteiger partial charge < -0.3 is 15.6 Å². The van der Waals surface area contributed by atoms with Crippen LogP contribution in [0, 0.1) is 5.92 Å². The maximum absolute atomic E-state index is 10.5. The van der Waals surface area contributed by atoms with Gasteiger partial charge in [0.15, 0.2) is 0 Å². The maximum atomic E-state index is 10.5. The Bertz CT molecular complexity index is 398. The molecule has 1 fully saturated rings. The third kappa shape index (κ3) is 3.55. The largest absolute Gasteiger partial charge is 0.481 e. The normalized spacial score (nSPS) is 17.2. The standard InChI is InChI=1S/C14H19NO3/c15-13(5-6-14(16)17)12-3-1-10(2-4-12)7-11-8-18-9-11/h1-4,11,13H,5-9,15H2,(H,16,17). The highest BCUT2D eigenvalue weighted by atomic mass is 16.5. The van der Waals surface area contributed by atoms with E-state index in [-0.39, 0.29) is 12.5 Å². The van der Waals surface area contributed by atoms with E-state index in [9.17, 15) is 4.79 Å². The van der Waals surface area contributed by atoms with Gasteiger partial charge in [0.1, 0.15) is 0 Å². The van der Waals surface area contributed by atoms with Crippen molar-refractivity contribution in [3.8, 4) is 0 Å². The number of aliphatic carboxylic acids is 1. The van der Waals surface area contributed by atoms with Gasteiger partial charge in [-0.3, -0.25) is 4.79 Å². The van der Waals surface area contributed by atoms with E-state index in [1.165, 1.54) is 5.56 Å². The Labute approximate surface area is 107 Å². The van der Waals surface area contributed by atoms with Gasteiger partial charge in [-0.2, -0.15) is 0 Å². The Morgan fingerprint density at radius 1 is 1.39 bits per heavy atom. The van der Waals surface area contributed by atoms with E-state index in [2.05, 4.69) is 12.1 Å². The summed E-state index contributed by atoms with van der Waals surface area (Å²) >= 11 is 0. The Hall–Kier alpha value is -1.39. The van der Waals surface area contributed by atoms with E-state index in [4.69, 9.17) is 15.6 Å². The quantitative estimate of drug-likeness (QED) is 0.805. The van der Waals surface area contributed by atoms with Gasteiger partial charge in [0.25, 0.3) is 0 Å². The van der Waals surface area contributed by atoms with E-state index in [1.807, 2.05) is 12.1 Å². The minimum Gasteiger partial charge on any atom is -0.481 e. The summed E-state index contributed by atoms with van der Waals surface area (Å²) in [6.07, 6.45) is 1.64. The number of hydrogen-bond donors (Lipinski definition) is 2. The molecule has 1 aliphatic rings. The predicted octanol–water partition coefficient (Wildman–Crippen LogP) is 1.74. The summed E-state index contributed by atoms with van der Waals surface area (Å²) in [4.78, 5) is 10.5. The van der Waals surface area contributed by atoms with Crippen molar-refractivity contribution in [2.45, 2.75) is 25.3 Å². The fraction of sp³-hybridized carbons (Fsp3) is 0.500. The zero-order valence-electron chi connectivity index (χ0n) is 10.3. The molecule has 1 heterocycles. The summed E-state index contributed by atoms with van der Waals surface area (Å²) in [5.74, 6) is -0.149. The van der Waals surface area contributed by atoms with E-state index in [0.29, 0.717) is 12.3 Å². The highest BCUT2D eigenvalue weighted by Gasteiger charge is 2.18. The fourth-order valence-electron chi connectivity index (χ4n) is 2.08. The van der Waals surface area contributed by atoms with Crippen LogP contribution in [-0.4, -0.2) is 24.3 Å². The van der Waals surface area contributed by atoms with Crippen LogP contribution < -0.4 is 5.73 Å². The van der Waals surface area contributed by atoms with Gasteiger partial charge in [-0.1, -0.05) is 24.3 Å². The molecular formula is C14H19NO3. The summed E-state index contributed by atoms with van der Waals surface area (Å²) in [5.41, 5.74) is 8.24. The van der Waals surface area contributed by atoms with Gasteiger partial charge in [-0.25, -0.2) is 0 Å². The molecule has 1 aromatic rings. The van der Waals surface area contributed by atoms with Crippen molar-refractivity contribution in [1.29, 1.82) is 0 Å². The molecule has 0 saturated carbocycles. The molecule has 0 aromatic heterocycles. The molecule has 1 aromatic carbocycles. The number of nitrogens with two attached hydrogens (primary N) is 1. The lowest BCUT2D eigenvalue weighted by Gasteiger charge is -2.26. The highest BCUT2D eigenvalue weighted by Crippen LogP contribution is 2.20. The topological polar surface area (TPSA) is 72.6 Å². The Morgan fingerprint density at radius 2 is 2.06 bits per heavy atom. The second-order valence-electron chi connectivity index (χ2n) is 4.89. The summed E-state index contributed by atoms with van der Waals surface area (Å²) in [7, 11) is 0. The summed E-state index contributed by atoms with van der Waals surface area (Å²) in [6.45, 7) is 1.72. The minimum atomic E-state index is -0.799. The number of benzene rings is 1. The van der Waals surface area contributed by atoms with Crippen molar-refractivity contribution in [1.82, 2.24) is 0 Å². The zero-order chi connectivity index (χ0) is 13.0. The summed E-state index contributed by atoms with van der Waals surface area (Å²) in [6, 6.07) is 7.97. The number of carboxylic acids is 1. The van der Waals surface area contributed by atoms with Crippen molar-refractivity contribution in [2.24, 2.45) is 11.7 Å². The molecule has 18 heavy (non-hydrogen) atoms. The second kappa shape index (κ2) is 5.98. The number of carboxylic acid groups (broad SMARTS) is 1. The average Bonchev–Trinajstić information content (AvgIpc) is 2.31. The Balaban J connectivity index is 1.87. The maximum Gasteiger partial charge on any atom is 0.303 e. The van der Waals surface area contributed by atoms with Gasteiger partial charge in [0, 0.05) is 18.4 Å². The van der Waals surface area contributed by atoms with Crippen LogP contribution in [0.15, 0.2) is 24.3 Å². The predicted molar refractivity (Wildman–Crippen MR) is 68.3 cm³/mol. The van der Waals surface area contributed by atoms with E-state index < -0.39 is 5.97 Å². The fourth-order valence-corrected chi connectivity index (χ4v) is 2.08. The van der Waals surface area contributed by atoms with Crippen LogP contribution in [0.3, 0.4) is 0 Å². The smallest absolute Gasteiger partial charge is 0.303 e. The van der Waals surface area contributed by atoms with Crippen molar-refractivity contribution in [3.63, 3.8) is 0 Å². The Kier molecular flexibility index (Phi) is 4.33. The number of hydrogen-bond acceptors (Lipinski definition) is 3. The third-order valence-electron chi connectivity index (χ3n) is 3.31. The van der Waals surface area contributed by atoms with Gasteiger partial charge >= 0.3 is 5.97 Å². The monoisotopic (exact) mass is 249 g/mol. The van der Waals surface area contributed by atoms with Crippen molar-refractivity contribution >= 4 is 5.97 Å². The SMILES string of the molecule is NC(CCC(=O)O)c1ccc(CC2COC2)cc1. The van der Waals surface area contributed by atoms with Crippen LogP contribution in [0.2, 0.25) is 0 Å². The molecule has 1 aliphatic heterocycles. The van der Waals surface area contributed by atoms with Crippen LogP contribution in [-0.2, 0) is 16.0 Å². The first-order chi connectivity index (χ1) is 8.65. The zero-order valence-corrected chi connectivity index (χ0v) is 10.3. The molecule has 98 valence electrons. The van der Waals surface area contributed by atoms with Gasteiger partial charge in [-0.05, 0) is 24.0 Å². The summed E-state index contributed by atoms with van der Waals surface area (Å²) < 4.78 is 5.15. The van der Waals surface area contributed by atoms with E-state index in [0.717, 1.165) is 25.2 Å². The van der Waals surface area contributed by atoms with Gasteiger partial charge in [-0.15, -0.1) is 0 Å². The average molecular weight is 249 g/mol. The molecule has 0 bridgehead atoms. The molecule has 3 N–H and O–H groups in total. The molecule has 0 amide bonds. The van der Waals surface area contributed by atoms with Crippen LogP contribution in [0.1, 0.15) is 30.0 Å². The first-order valence-corrected chi connectivity index (χ1v) is 6.29. The second-order valence-corrected chi connectivity index (χ2v) is 4.89. The molecule has 2 rings (SSSR count). The minimum absolute atomic E-state index is 0.113. The molecule has 4 nitrogen and oxygen atoms in total. The molecule has 4 heteroatoms. The molecule has 0 aliphatic carbocycles. The molecule has 0 spiro atoms. The lowest BCUT2D eigenvalue weighted by Crippen LogP contribution is -2.29. The molecule has 1 atom stereocenters. The first-order valence-electron chi connectivity index (χ1n) is 6.29.